The summed E-state index contributed by atoms with van der Waals surface area (Å²) in [7, 11) is 1.54. The highest BCUT2D eigenvalue weighted by Crippen LogP contribution is 2.27. The molecule has 8 heteroatoms. The van der Waals surface area contributed by atoms with Crippen LogP contribution in [0.2, 0.25) is 0 Å². The van der Waals surface area contributed by atoms with Gasteiger partial charge in [-0.1, -0.05) is 38.9 Å². The number of amides is 2. The van der Waals surface area contributed by atoms with Crippen LogP contribution < -0.4 is 10.1 Å². The molecule has 1 aromatic carbocycles. The monoisotopic (exact) mass is 470 g/mol. The number of aromatic nitrogens is 1. The van der Waals surface area contributed by atoms with Gasteiger partial charge in [0, 0.05) is 24.6 Å². The maximum Gasteiger partial charge on any atom is 0.243 e. The lowest BCUT2D eigenvalue weighted by Gasteiger charge is -2.26. The summed E-state index contributed by atoms with van der Waals surface area (Å²) in [5.74, 6) is 0.740. The van der Waals surface area contributed by atoms with Crippen LogP contribution in [0.4, 0.5) is 0 Å². The molecule has 0 spiro atoms. The molecular formula is C26H38N4O4. The van der Waals surface area contributed by atoms with Crippen molar-refractivity contribution in [3.05, 3.63) is 47.3 Å². The minimum absolute atomic E-state index is 0.0428. The number of hydrogen-bond acceptors (Lipinski definition) is 6. The molecular weight excluding hydrogens is 432 g/mol. The first-order chi connectivity index (χ1) is 16.3. The van der Waals surface area contributed by atoms with E-state index in [9.17, 15) is 9.59 Å². The van der Waals surface area contributed by atoms with Crippen LogP contribution in [-0.4, -0.2) is 41.6 Å². The highest BCUT2D eigenvalue weighted by molar-refractivity contribution is 5.88. The highest BCUT2D eigenvalue weighted by Gasteiger charge is 2.34. The number of aryl methyl sites for hydroxylation is 1. The van der Waals surface area contributed by atoms with Gasteiger partial charge in [-0.05, 0) is 44.7 Å². The second-order valence-electron chi connectivity index (χ2n) is 8.28. The van der Waals surface area contributed by atoms with Crippen LogP contribution in [0.15, 0.2) is 35.1 Å². The molecule has 1 unspecified atom stereocenters. The van der Waals surface area contributed by atoms with Crippen LogP contribution in [-0.2, 0) is 9.59 Å². The number of methoxy groups -OCH3 is 1. The Balaban J connectivity index is 0.000000615. The first-order valence-corrected chi connectivity index (χ1v) is 11.8. The fourth-order valence-corrected chi connectivity index (χ4v) is 3.60. The summed E-state index contributed by atoms with van der Waals surface area (Å²) in [5, 5.41) is 15.5. The van der Waals surface area contributed by atoms with Gasteiger partial charge in [0.25, 0.3) is 0 Å². The van der Waals surface area contributed by atoms with Crippen molar-refractivity contribution in [3.63, 3.8) is 0 Å². The van der Waals surface area contributed by atoms with Crippen molar-refractivity contribution in [3.8, 4) is 11.8 Å². The van der Waals surface area contributed by atoms with Crippen molar-refractivity contribution in [1.29, 1.82) is 5.26 Å². The quantitative estimate of drug-likeness (QED) is 0.650. The van der Waals surface area contributed by atoms with Gasteiger partial charge < -0.3 is 19.5 Å². The molecule has 2 heterocycles. The topological polar surface area (TPSA) is 108 Å². The van der Waals surface area contributed by atoms with E-state index >= 15 is 0 Å². The summed E-state index contributed by atoms with van der Waals surface area (Å²) < 4.78 is 9.82. The molecule has 1 fully saturated rings. The molecule has 0 saturated carbocycles. The lowest BCUT2D eigenvalue weighted by atomic mass is 10.0. The van der Waals surface area contributed by atoms with Gasteiger partial charge in [-0.2, -0.15) is 5.26 Å². The molecule has 1 aliphatic rings. The number of carbonyl (C=O) groups excluding carboxylic acids is 2. The number of nitrogens with zero attached hydrogens (tertiary/aromatic N) is 3. The smallest absolute Gasteiger partial charge is 0.243 e. The van der Waals surface area contributed by atoms with Crippen molar-refractivity contribution >= 4 is 11.8 Å². The van der Waals surface area contributed by atoms with Crippen LogP contribution in [0.5, 0.6) is 5.75 Å². The number of nitrogens with one attached hydrogen (secondary N) is 1. The standard InChI is InChI=1S/C20H27N3O3.C4H5NO.C2H6/c1-13(2)10-19(24)23-9-5-6-17(23)20(25)22-14(3)16-8-7-15(12-21)11-18(16)26-4;1-4-2-3-6-5-4;1-2/h7-8,11,13-14,17H,5-6,9-10H2,1-4H3,(H,22,25);2-3H,1H3;1-2H3/t14-,17?;;/m0../s1. The third-order valence-electron chi connectivity index (χ3n) is 5.21. The Morgan fingerprint density at radius 2 is 2.00 bits per heavy atom. The van der Waals surface area contributed by atoms with Crippen LogP contribution in [0, 0.1) is 24.2 Å². The van der Waals surface area contributed by atoms with E-state index in [-0.39, 0.29) is 23.8 Å². The molecule has 2 amide bonds. The second-order valence-corrected chi connectivity index (χ2v) is 8.28. The van der Waals surface area contributed by atoms with Crippen LogP contribution in [0.3, 0.4) is 0 Å². The van der Waals surface area contributed by atoms with E-state index in [0.717, 1.165) is 17.7 Å². The Labute approximate surface area is 203 Å². The van der Waals surface area contributed by atoms with Crippen molar-refractivity contribution < 1.29 is 18.8 Å². The molecule has 8 nitrogen and oxygen atoms in total. The van der Waals surface area contributed by atoms with E-state index in [1.165, 1.54) is 7.11 Å². The minimum atomic E-state index is -0.409. The van der Waals surface area contributed by atoms with Gasteiger partial charge in [-0.25, -0.2) is 0 Å². The first-order valence-electron chi connectivity index (χ1n) is 11.8. The highest BCUT2D eigenvalue weighted by atomic mass is 16.5. The van der Waals surface area contributed by atoms with Gasteiger partial charge in [0.15, 0.2) is 0 Å². The molecule has 0 radical (unpaired) electrons. The van der Waals surface area contributed by atoms with Crippen molar-refractivity contribution in [1.82, 2.24) is 15.4 Å². The second kappa shape index (κ2) is 14.7. The average molecular weight is 471 g/mol. The fourth-order valence-electron chi connectivity index (χ4n) is 3.60. The first kappa shape index (κ1) is 28.7. The molecule has 1 saturated heterocycles. The van der Waals surface area contributed by atoms with E-state index < -0.39 is 6.04 Å². The van der Waals surface area contributed by atoms with Crippen LogP contribution >= 0.6 is 0 Å². The zero-order valence-corrected chi connectivity index (χ0v) is 21.4. The van der Waals surface area contributed by atoms with Crippen molar-refractivity contribution in [2.45, 2.75) is 72.9 Å². The Kier molecular flexibility index (Phi) is 12.4. The molecule has 1 N–H and O–H groups in total. The fraction of sp³-hybridized carbons (Fsp3) is 0.538. The molecule has 3 rings (SSSR count). The van der Waals surface area contributed by atoms with Gasteiger partial charge in [0.1, 0.15) is 18.1 Å². The normalized spacial score (nSPS) is 15.3. The number of ether oxygens (including phenoxy) is 1. The summed E-state index contributed by atoms with van der Waals surface area (Å²) in [5.41, 5.74) is 2.23. The Morgan fingerprint density at radius 1 is 1.29 bits per heavy atom. The number of rotatable bonds is 6. The molecule has 1 aromatic heterocycles. The number of benzene rings is 1. The largest absolute Gasteiger partial charge is 0.496 e. The Morgan fingerprint density at radius 3 is 2.50 bits per heavy atom. The maximum absolute atomic E-state index is 12.8. The van der Waals surface area contributed by atoms with E-state index in [4.69, 9.17) is 10.00 Å². The number of likely N-dealkylation sites (tertiary alicyclic amines) is 1. The molecule has 186 valence electrons. The number of hydrogen-bond donors (Lipinski definition) is 1. The van der Waals surface area contributed by atoms with Crippen molar-refractivity contribution in [2.24, 2.45) is 5.92 Å². The lowest BCUT2D eigenvalue weighted by Crippen LogP contribution is -2.46. The van der Waals surface area contributed by atoms with E-state index in [2.05, 4.69) is 21.1 Å². The SMILES string of the molecule is CC.COc1cc(C#N)ccc1[C@H](C)NC(=O)C1CCCN1C(=O)CC(C)C.Cc1ccon1. The average Bonchev–Trinajstić information content (AvgIpc) is 3.51. The summed E-state index contributed by atoms with van der Waals surface area (Å²) in [6, 6.07) is 8.34. The predicted molar refractivity (Wildman–Crippen MR) is 131 cm³/mol. The summed E-state index contributed by atoms with van der Waals surface area (Å²) >= 11 is 0. The number of nitriles is 1. The molecule has 2 aromatic rings. The molecule has 1 aliphatic heterocycles. The van der Waals surface area contributed by atoms with Gasteiger partial charge in [0.05, 0.1) is 30.5 Å². The van der Waals surface area contributed by atoms with Crippen LogP contribution in [0.1, 0.15) is 76.7 Å². The maximum atomic E-state index is 12.8. The van der Waals surface area contributed by atoms with Gasteiger partial charge in [-0.3, -0.25) is 9.59 Å². The lowest BCUT2D eigenvalue weighted by molar-refractivity contribution is -0.139. The third kappa shape index (κ3) is 8.54. The molecule has 2 atom stereocenters. The van der Waals surface area contributed by atoms with Gasteiger partial charge in [0.2, 0.25) is 11.8 Å². The zero-order chi connectivity index (χ0) is 25.7. The molecule has 0 aliphatic carbocycles. The predicted octanol–water partition coefficient (Wildman–Crippen LogP) is 4.79. The van der Waals surface area contributed by atoms with E-state index in [1.807, 2.05) is 41.5 Å². The van der Waals surface area contributed by atoms with Gasteiger partial charge in [-0.15, -0.1) is 0 Å². The van der Waals surface area contributed by atoms with E-state index in [0.29, 0.717) is 30.7 Å². The Hall–Kier alpha value is -3.34. The third-order valence-corrected chi connectivity index (χ3v) is 5.21. The number of carbonyl (C=O) groups is 2. The summed E-state index contributed by atoms with van der Waals surface area (Å²) in [6.07, 6.45) is 3.54. The summed E-state index contributed by atoms with van der Waals surface area (Å²) in [6.45, 7) is 12.4. The molecule has 34 heavy (non-hydrogen) atoms. The Bertz CT molecular complexity index is 935. The van der Waals surface area contributed by atoms with Gasteiger partial charge >= 0.3 is 0 Å². The van der Waals surface area contributed by atoms with Crippen LogP contribution in [0.25, 0.3) is 0 Å². The minimum Gasteiger partial charge on any atom is -0.496 e. The van der Waals surface area contributed by atoms with E-state index in [1.54, 1.807) is 35.4 Å². The zero-order valence-electron chi connectivity index (χ0n) is 21.4. The molecule has 0 bridgehead atoms. The summed E-state index contributed by atoms with van der Waals surface area (Å²) in [4.78, 5) is 26.9. The van der Waals surface area contributed by atoms with Crippen molar-refractivity contribution in [2.75, 3.05) is 13.7 Å².